The summed E-state index contributed by atoms with van der Waals surface area (Å²) in [4.78, 5) is 10.1. The van der Waals surface area contributed by atoms with Crippen LogP contribution in [-0.4, -0.2) is 17.7 Å². The van der Waals surface area contributed by atoms with Crippen molar-refractivity contribution in [3.8, 4) is 0 Å². The first kappa shape index (κ1) is 9.86. The van der Waals surface area contributed by atoms with Crippen LogP contribution in [0.1, 0.15) is 5.56 Å². The molecule has 0 bridgehead atoms. The van der Waals surface area contributed by atoms with E-state index in [-0.39, 0.29) is 0 Å². The van der Waals surface area contributed by atoms with Gasteiger partial charge in [-0.05, 0) is 24.1 Å². The fourth-order valence-electron chi connectivity index (χ4n) is 0.965. The summed E-state index contributed by atoms with van der Waals surface area (Å²) < 4.78 is 0. The van der Waals surface area contributed by atoms with Crippen LogP contribution in [0.25, 0.3) is 0 Å². The molecule has 4 heteroatoms. The molecule has 0 saturated carbocycles. The van der Waals surface area contributed by atoms with E-state index in [9.17, 15) is 4.79 Å². The van der Waals surface area contributed by atoms with E-state index < -0.39 is 6.09 Å². The lowest BCUT2D eigenvalue weighted by atomic mass is 10.1. The summed E-state index contributed by atoms with van der Waals surface area (Å²) >= 11 is 5.69. The maximum atomic E-state index is 10.1. The summed E-state index contributed by atoms with van der Waals surface area (Å²) in [5.41, 5.74) is 1.07. The molecule has 3 nitrogen and oxygen atoms in total. The number of halogens is 1. The Bertz CT molecular complexity index is 284. The van der Waals surface area contributed by atoms with E-state index >= 15 is 0 Å². The molecule has 0 aliphatic heterocycles. The number of nitrogens with one attached hydrogen (secondary N) is 1. The van der Waals surface area contributed by atoms with Crippen LogP contribution in [0.3, 0.4) is 0 Å². The minimum Gasteiger partial charge on any atom is -0.465 e. The van der Waals surface area contributed by atoms with Crippen LogP contribution >= 0.6 is 11.6 Å². The van der Waals surface area contributed by atoms with Crippen molar-refractivity contribution >= 4 is 17.7 Å². The van der Waals surface area contributed by atoms with Gasteiger partial charge >= 0.3 is 6.09 Å². The van der Waals surface area contributed by atoms with Crippen LogP contribution in [0.15, 0.2) is 24.3 Å². The predicted octanol–water partition coefficient (Wildman–Crippen LogP) is 2.15. The molecule has 1 amide bonds. The fraction of sp³-hybridized carbons (Fsp3) is 0.222. The molecule has 0 fully saturated rings. The van der Waals surface area contributed by atoms with Crippen molar-refractivity contribution in [1.29, 1.82) is 0 Å². The largest absolute Gasteiger partial charge is 0.465 e. The van der Waals surface area contributed by atoms with Crippen LogP contribution in [0, 0.1) is 0 Å². The Hall–Kier alpha value is -1.22. The van der Waals surface area contributed by atoms with Crippen molar-refractivity contribution in [3.05, 3.63) is 34.9 Å². The second-order valence-corrected chi connectivity index (χ2v) is 3.04. The highest BCUT2D eigenvalue weighted by Gasteiger charge is 1.95. The molecular weight excluding hydrogens is 190 g/mol. The van der Waals surface area contributed by atoms with Crippen molar-refractivity contribution in [2.24, 2.45) is 0 Å². The van der Waals surface area contributed by atoms with Gasteiger partial charge in [0.2, 0.25) is 0 Å². The summed E-state index contributed by atoms with van der Waals surface area (Å²) in [5, 5.41) is 11.3. The summed E-state index contributed by atoms with van der Waals surface area (Å²) in [6.07, 6.45) is -0.308. The topological polar surface area (TPSA) is 49.3 Å². The standard InChI is InChI=1S/C9H10ClNO2/c10-8-3-1-7(2-4-8)5-6-11-9(12)13/h1-4,11H,5-6H2,(H,12,13). The highest BCUT2D eigenvalue weighted by atomic mass is 35.5. The molecule has 0 aliphatic carbocycles. The molecule has 2 N–H and O–H groups in total. The van der Waals surface area contributed by atoms with Gasteiger partial charge in [-0.15, -0.1) is 0 Å². The molecule has 0 aromatic heterocycles. The van der Waals surface area contributed by atoms with Crippen molar-refractivity contribution < 1.29 is 9.90 Å². The zero-order chi connectivity index (χ0) is 9.68. The quantitative estimate of drug-likeness (QED) is 0.784. The third-order valence-corrected chi connectivity index (χ3v) is 1.86. The van der Waals surface area contributed by atoms with E-state index in [0.717, 1.165) is 5.56 Å². The summed E-state index contributed by atoms with van der Waals surface area (Å²) in [6.45, 7) is 0.428. The Morgan fingerprint density at radius 3 is 2.54 bits per heavy atom. The van der Waals surface area contributed by atoms with E-state index in [0.29, 0.717) is 18.0 Å². The first-order valence-corrected chi connectivity index (χ1v) is 4.27. The molecule has 1 aromatic rings. The van der Waals surface area contributed by atoms with Gasteiger partial charge in [-0.3, -0.25) is 0 Å². The van der Waals surface area contributed by atoms with Gasteiger partial charge in [-0.25, -0.2) is 4.79 Å². The zero-order valence-corrected chi connectivity index (χ0v) is 7.71. The average molecular weight is 200 g/mol. The normalized spacial score (nSPS) is 9.62. The highest BCUT2D eigenvalue weighted by Crippen LogP contribution is 2.09. The Morgan fingerprint density at radius 2 is 2.00 bits per heavy atom. The summed E-state index contributed by atoms with van der Waals surface area (Å²) in [5.74, 6) is 0. The van der Waals surface area contributed by atoms with Gasteiger partial charge in [-0.1, -0.05) is 23.7 Å². The molecule has 0 heterocycles. The molecule has 0 spiro atoms. The lowest BCUT2D eigenvalue weighted by Crippen LogP contribution is -2.23. The molecule has 1 rings (SSSR count). The Balaban J connectivity index is 2.37. The van der Waals surface area contributed by atoms with Gasteiger partial charge in [0.1, 0.15) is 0 Å². The fourth-order valence-corrected chi connectivity index (χ4v) is 1.09. The lowest BCUT2D eigenvalue weighted by Gasteiger charge is -2.01. The molecule has 0 radical (unpaired) electrons. The first-order valence-electron chi connectivity index (χ1n) is 3.90. The SMILES string of the molecule is O=C(O)NCCc1ccc(Cl)cc1. The molecule has 0 unspecified atom stereocenters. The van der Waals surface area contributed by atoms with Gasteiger partial charge in [-0.2, -0.15) is 0 Å². The van der Waals surface area contributed by atoms with Crippen molar-refractivity contribution in [2.75, 3.05) is 6.54 Å². The van der Waals surface area contributed by atoms with Gasteiger partial charge in [0.15, 0.2) is 0 Å². The van der Waals surface area contributed by atoms with Crippen LogP contribution in [-0.2, 0) is 6.42 Å². The number of rotatable bonds is 3. The number of carbonyl (C=O) groups is 1. The molecular formula is C9H10ClNO2. The van der Waals surface area contributed by atoms with Crippen LogP contribution in [0.4, 0.5) is 4.79 Å². The van der Waals surface area contributed by atoms with Crippen molar-refractivity contribution in [3.63, 3.8) is 0 Å². The number of hydrogen-bond donors (Lipinski definition) is 2. The Labute approximate surface area is 81.3 Å². The molecule has 0 atom stereocenters. The molecule has 70 valence electrons. The monoisotopic (exact) mass is 199 g/mol. The third kappa shape index (κ3) is 3.80. The number of hydrogen-bond acceptors (Lipinski definition) is 1. The maximum absolute atomic E-state index is 10.1. The van der Waals surface area contributed by atoms with Gasteiger partial charge in [0, 0.05) is 11.6 Å². The van der Waals surface area contributed by atoms with Crippen molar-refractivity contribution in [1.82, 2.24) is 5.32 Å². The summed E-state index contributed by atoms with van der Waals surface area (Å²) in [7, 11) is 0. The third-order valence-electron chi connectivity index (χ3n) is 1.60. The van der Waals surface area contributed by atoms with Gasteiger partial charge in [0.25, 0.3) is 0 Å². The number of benzene rings is 1. The minimum absolute atomic E-state index is 0.428. The van der Waals surface area contributed by atoms with Crippen LogP contribution < -0.4 is 5.32 Å². The number of amides is 1. The average Bonchev–Trinajstić information content (AvgIpc) is 2.08. The Morgan fingerprint density at radius 1 is 1.38 bits per heavy atom. The van der Waals surface area contributed by atoms with Crippen molar-refractivity contribution in [2.45, 2.75) is 6.42 Å². The minimum atomic E-state index is -0.992. The van der Waals surface area contributed by atoms with E-state index in [1.54, 1.807) is 12.1 Å². The van der Waals surface area contributed by atoms with Gasteiger partial charge in [0.05, 0.1) is 0 Å². The van der Waals surface area contributed by atoms with Crippen LogP contribution in [0.5, 0.6) is 0 Å². The van der Waals surface area contributed by atoms with Crippen LogP contribution in [0.2, 0.25) is 5.02 Å². The van der Waals surface area contributed by atoms with E-state index in [1.807, 2.05) is 12.1 Å². The molecule has 13 heavy (non-hydrogen) atoms. The van der Waals surface area contributed by atoms with Gasteiger partial charge < -0.3 is 10.4 Å². The maximum Gasteiger partial charge on any atom is 0.404 e. The Kier molecular flexibility index (Phi) is 3.58. The summed E-state index contributed by atoms with van der Waals surface area (Å²) in [6, 6.07) is 7.34. The van der Waals surface area contributed by atoms with E-state index in [4.69, 9.17) is 16.7 Å². The number of carboxylic acid groups (broad SMARTS) is 1. The molecule has 1 aromatic carbocycles. The van der Waals surface area contributed by atoms with E-state index in [1.165, 1.54) is 0 Å². The first-order chi connectivity index (χ1) is 6.18. The molecule has 0 aliphatic rings. The smallest absolute Gasteiger partial charge is 0.404 e. The predicted molar refractivity (Wildman–Crippen MR) is 51.2 cm³/mol. The highest BCUT2D eigenvalue weighted by molar-refractivity contribution is 6.30. The molecule has 0 saturated heterocycles. The second kappa shape index (κ2) is 4.72. The van der Waals surface area contributed by atoms with E-state index in [2.05, 4.69) is 5.32 Å². The zero-order valence-electron chi connectivity index (χ0n) is 6.96. The lowest BCUT2D eigenvalue weighted by molar-refractivity contribution is 0.194. The second-order valence-electron chi connectivity index (χ2n) is 2.61.